The Morgan fingerprint density at radius 1 is 1.55 bits per heavy atom. The lowest BCUT2D eigenvalue weighted by Crippen LogP contribution is -2.39. The highest BCUT2D eigenvalue weighted by molar-refractivity contribution is 4.64. The molecule has 0 rings (SSSR count). The monoisotopic (exact) mass is 160 g/mol. The van der Waals surface area contributed by atoms with E-state index < -0.39 is 0 Å². The molecule has 0 saturated heterocycles. The van der Waals surface area contributed by atoms with Gasteiger partial charge >= 0.3 is 0 Å². The maximum Gasteiger partial charge on any atom is 0.0558 e. The largest absolute Gasteiger partial charge is 0.395 e. The average Bonchev–Trinajstić information content (AvgIpc) is 2.00. The standard InChI is InChI=1S/C8H20N2O/c1-4-9-7-8(2)10(3)5-6-11/h8-9,11H,4-7H2,1-3H3/t8-/m1/s1. The van der Waals surface area contributed by atoms with E-state index in [0.717, 1.165) is 19.6 Å². The van der Waals surface area contributed by atoms with Crippen molar-refractivity contribution in [3.63, 3.8) is 0 Å². The quantitative estimate of drug-likeness (QED) is 0.570. The fraction of sp³-hybridized carbons (Fsp3) is 1.00. The Hall–Kier alpha value is -0.120. The van der Waals surface area contributed by atoms with Crippen molar-refractivity contribution in [2.45, 2.75) is 19.9 Å². The minimum Gasteiger partial charge on any atom is -0.395 e. The summed E-state index contributed by atoms with van der Waals surface area (Å²) in [4.78, 5) is 2.14. The van der Waals surface area contributed by atoms with E-state index in [1.807, 2.05) is 7.05 Å². The molecule has 0 heterocycles. The highest BCUT2D eigenvalue weighted by atomic mass is 16.3. The van der Waals surface area contributed by atoms with Crippen molar-refractivity contribution in [2.75, 3.05) is 33.3 Å². The Kier molecular flexibility index (Phi) is 6.51. The van der Waals surface area contributed by atoms with E-state index in [2.05, 4.69) is 24.1 Å². The van der Waals surface area contributed by atoms with Gasteiger partial charge in [-0.15, -0.1) is 0 Å². The van der Waals surface area contributed by atoms with Crippen molar-refractivity contribution in [3.8, 4) is 0 Å². The fourth-order valence-electron chi connectivity index (χ4n) is 0.887. The topological polar surface area (TPSA) is 35.5 Å². The van der Waals surface area contributed by atoms with E-state index in [0.29, 0.717) is 6.04 Å². The molecule has 0 spiro atoms. The highest BCUT2D eigenvalue weighted by Crippen LogP contribution is 1.91. The van der Waals surface area contributed by atoms with Gasteiger partial charge in [0, 0.05) is 19.1 Å². The van der Waals surface area contributed by atoms with Crippen LogP contribution in [0.1, 0.15) is 13.8 Å². The van der Waals surface area contributed by atoms with Crippen LogP contribution in [0.2, 0.25) is 0 Å². The first-order valence-corrected chi connectivity index (χ1v) is 4.24. The molecular weight excluding hydrogens is 140 g/mol. The van der Waals surface area contributed by atoms with E-state index in [-0.39, 0.29) is 6.61 Å². The van der Waals surface area contributed by atoms with Gasteiger partial charge in [0.1, 0.15) is 0 Å². The average molecular weight is 160 g/mol. The molecule has 0 amide bonds. The van der Waals surface area contributed by atoms with Crippen molar-refractivity contribution >= 4 is 0 Å². The molecule has 0 aromatic heterocycles. The molecule has 3 nitrogen and oxygen atoms in total. The maximum atomic E-state index is 8.65. The molecule has 0 aliphatic heterocycles. The second-order valence-corrected chi connectivity index (χ2v) is 2.86. The first-order chi connectivity index (χ1) is 5.22. The van der Waals surface area contributed by atoms with Gasteiger partial charge in [-0.2, -0.15) is 0 Å². The van der Waals surface area contributed by atoms with Crippen molar-refractivity contribution in [1.82, 2.24) is 10.2 Å². The smallest absolute Gasteiger partial charge is 0.0558 e. The molecule has 0 saturated carbocycles. The van der Waals surface area contributed by atoms with Crippen LogP contribution >= 0.6 is 0 Å². The molecular formula is C8H20N2O. The Bertz CT molecular complexity index is 88.2. The van der Waals surface area contributed by atoms with Crippen LogP contribution in [-0.4, -0.2) is 49.3 Å². The highest BCUT2D eigenvalue weighted by Gasteiger charge is 2.06. The molecule has 0 fully saturated rings. The normalized spacial score (nSPS) is 13.9. The van der Waals surface area contributed by atoms with Crippen LogP contribution in [0.3, 0.4) is 0 Å². The van der Waals surface area contributed by atoms with Gasteiger partial charge < -0.3 is 15.3 Å². The molecule has 2 N–H and O–H groups in total. The predicted molar refractivity (Wildman–Crippen MR) is 47.7 cm³/mol. The Morgan fingerprint density at radius 2 is 2.18 bits per heavy atom. The van der Waals surface area contributed by atoms with Crippen molar-refractivity contribution in [3.05, 3.63) is 0 Å². The number of nitrogens with one attached hydrogen (secondary N) is 1. The van der Waals surface area contributed by atoms with E-state index in [1.54, 1.807) is 0 Å². The summed E-state index contributed by atoms with van der Waals surface area (Å²) < 4.78 is 0. The lowest BCUT2D eigenvalue weighted by Gasteiger charge is -2.23. The summed E-state index contributed by atoms with van der Waals surface area (Å²) >= 11 is 0. The van der Waals surface area contributed by atoms with Crippen LogP contribution in [0.15, 0.2) is 0 Å². The van der Waals surface area contributed by atoms with Gasteiger partial charge in [-0.3, -0.25) is 0 Å². The molecule has 1 atom stereocenters. The third-order valence-corrected chi connectivity index (χ3v) is 1.89. The third-order valence-electron chi connectivity index (χ3n) is 1.89. The van der Waals surface area contributed by atoms with Crippen LogP contribution in [-0.2, 0) is 0 Å². The molecule has 0 radical (unpaired) electrons. The molecule has 0 bridgehead atoms. The predicted octanol–water partition coefficient (Wildman–Crippen LogP) is -0.0915. The zero-order chi connectivity index (χ0) is 8.69. The number of hydrogen-bond donors (Lipinski definition) is 2. The Labute approximate surface area is 69.4 Å². The number of nitrogens with zero attached hydrogens (tertiary/aromatic N) is 1. The van der Waals surface area contributed by atoms with Gasteiger partial charge in [0.25, 0.3) is 0 Å². The van der Waals surface area contributed by atoms with Crippen molar-refractivity contribution < 1.29 is 5.11 Å². The lowest BCUT2D eigenvalue weighted by molar-refractivity contribution is 0.186. The zero-order valence-corrected chi connectivity index (χ0v) is 7.80. The maximum absolute atomic E-state index is 8.65. The summed E-state index contributed by atoms with van der Waals surface area (Å²) in [7, 11) is 2.03. The van der Waals surface area contributed by atoms with Crippen LogP contribution in [0.4, 0.5) is 0 Å². The molecule has 0 aromatic rings. The van der Waals surface area contributed by atoms with Crippen LogP contribution in [0, 0.1) is 0 Å². The molecule has 0 aliphatic carbocycles. The van der Waals surface area contributed by atoms with E-state index >= 15 is 0 Å². The second kappa shape index (κ2) is 6.58. The molecule has 0 unspecified atom stereocenters. The number of aliphatic hydroxyl groups is 1. The summed E-state index contributed by atoms with van der Waals surface area (Å²) in [6.07, 6.45) is 0. The fourth-order valence-corrected chi connectivity index (χ4v) is 0.887. The molecule has 11 heavy (non-hydrogen) atoms. The van der Waals surface area contributed by atoms with Crippen molar-refractivity contribution in [1.29, 1.82) is 0 Å². The first-order valence-electron chi connectivity index (χ1n) is 4.24. The number of likely N-dealkylation sites (N-methyl/N-ethyl adjacent to an activating group) is 2. The van der Waals surface area contributed by atoms with E-state index in [4.69, 9.17) is 5.11 Å². The summed E-state index contributed by atoms with van der Waals surface area (Å²) in [5.74, 6) is 0. The number of rotatable bonds is 6. The molecule has 0 aromatic carbocycles. The summed E-state index contributed by atoms with van der Waals surface area (Å²) in [6.45, 7) is 7.25. The molecule has 68 valence electrons. The zero-order valence-electron chi connectivity index (χ0n) is 7.80. The van der Waals surface area contributed by atoms with Crippen LogP contribution < -0.4 is 5.32 Å². The van der Waals surface area contributed by atoms with Gasteiger partial charge in [-0.25, -0.2) is 0 Å². The lowest BCUT2D eigenvalue weighted by atomic mass is 10.3. The second-order valence-electron chi connectivity index (χ2n) is 2.86. The Morgan fingerprint density at radius 3 is 2.64 bits per heavy atom. The molecule has 0 aliphatic rings. The van der Waals surface area contributed by atoms with Gasteiger partial charge in [-0.05, 0) is 20.5 Å². The summed E-state index contributed by atoms with van der Waals surface area (Å²) in [6, 6.07) is 0.502. The van der Waals surface area contributed by atoms with Gasteiger partial charge in [0.05, 0.1) is 6.61 Å². The number of aliphatic hydroxyl groups excluding tert-OH is 1. The van der Waals surface area contributed by atoms with Crippen LogP contribution in [0.5, 0.6) is 0 Å². The SMILES string of the molecule is CCNC[C@@H](C)N(C)CCO. The molecule has 3 heteroatoms. The summed E-state index contributed by atoms with van der Waals surface area (Å²) in [5, 5.41) is 11.9. The minimum absolute atomic E-state index is 0.243. The number of hydrogen-bond acceptors (Lipinski definition) is 3. The van der Waals surface area contributed by atoms with E-state index in [9.17, 15) is 0 Å². The Balaban J connectivity index is 3.38. The van der Waals surface area contributed by atoms with Gasteiger partial charge in [-0.1, -0.05) is 6.92 Å². The van der Waals surface area contributed by atoms with Gasteiger partial charge in [0.15, 0.2) is 0 Å². The third kappa shape index (κ3) is 5.18. The van der Waals surface area contributed by atoms with Crippen LogP contribution in [0.25, 0.3) is 0 Å². The van der Waals surface area contributed by atoms with Crippen molar-refractivity contribution in [2.24, 2.45) is 0 Å². The first kappa shape index (κ1) is 10.9. The minimum atomic E-state index is 0.243. The van der Waals surface area contributed by atoms with Gasteiger partial charge in [0.2, 0.25) is 0 Å². The summed E-state index contributed by atoms with van der Waals surface area (Å²) in [5.41, 5.74) is 0. The van der Waals surface area contributed by atoms with E-state index in [1.165, 1.54) is 0 Å².